The third kappa shape index (κ3) is 3.31. The second-order valence-corrected chi connectivity index (χ2v) is 4.37. The lowest BCUT2D eigenvalue weighted by molar-refractivity contribution is 0.0907. The van der Waals surface area contributed by atoms with Gasteiger partial charge in [0, 0.05) is 18.7 Å². The Morgan fingerprint density at radius 1 is 1.44 bits per heavy atom. The van der Waals surface area contributed by atoms with Crippen LogP contribution in [0, 0.1) is 11.3 Å². The summed E-state index contributed by atoms with van der Waals surface area (Å²) < 4.78 is 5.48. The monoisotopic (exact) mass is 244 g/mol. The minimum absolute atomic E-state index is 0.0995. The van der Waals surface area contributed by atoms with Crippen LogP contribution in [-0.2, 0) is 4.74 Å². The number of hydrogen-bond acceptors (Lipinski definition) is 3. The zero-order chi connectivity index (χ0) is 12.8. The van der Waals surface area contributed by atoms with E-state index in [-0.39, 0.29) is 5.91 Å². The summed E-state index contributed by atoms with van der Waals surface area (Å²) in [5, 5.41) is 11.5. The standard InChI is InChI=1S/C14H16N2O2/c15-10-11-3-5-12(6-4-11)14(17)16-8-7-13-2-1-9-18-13/h3-6,13H,1-2,7-9H2,(H,16,17). The van der Waals surface area contributed by atoms with Gasteiger partial charge in [-0.05, 0) is 43.5 Å². The zero-order valence-corrected chi connectivity index (χ0v) is 10.2. The number of hydrogen-bond donors (Lipinski definition) is 1. The fourth-order valence-electron chi connectivity index (χ4n) is 2.02. The summed E-state index contributed by atoms with van der Waals surface area (Å²) in [5.41, 5.74) is 1.15. The van der Waals surface area contributed by atoms with Gasteiger partial charge in [-0.1, -0.05) is 0 Å². The average Bonchev–Trinajstić information content (AvgIpc) is 2.92. The van der Waals surface area contributed by atoms with Gasteiger partial charge in [0.2, 0.25) is 0 Å². The van der Waals surface area contributed by atoms with Crippen LogP contribution >= 0.6 is 0 Å². The lowest BCUT2D eigenvalue weighted by Crippen LogP contribution is -2.26. The van der Waals surface area contributed by atoms with Gasteiger partial charge in [0.15, 0.2) is 0 Å². The van der Waals surface area contributed by atoms with Crippen LogP contribution in [0.5, 0.6) is 0 Å². The van der Waals surface area contributed by atoms with Crippen molar-refractivity contribution in [2.24, 2.45) is 0 Å². The number of nitrogens with zero attached hydrogens (tertiary/aromatic N) is 1. The van der Waals surface area contributed by atoms with Gasteiger partial charge in [-0.15, -0.1) is 0 Å². The predicted octanol–water partition coefficient (Wildman–Crippen LogP) is 1.86. The van der Waals surface area contributed by atoms with E-state index in [1.165, 1.54) is 0 Å². The van der Waals surface area contributed by atoms with E-state index in [1.807, 2.05) is 6.07 Å². The van der Waals surface area contributed by atoms with E-state index < -0.39 is 0 Å². The van der Waals surface area contributed by atoms with E-state index in [9.17, 15) is 4.79 Å². The molecule has 4 heteroatoms. The lowest BCUT2D eigenvalue weighted by atomic mass is 10.1. The fourth-order valence-corrected chi connectivity index (χ4v) is 2.02. The number of amides is 1. The van der Waals surface area contributed by atoms with Crippen molar-refractivity contribution in [3.05, 3.63) is 35.4 Å². The van der Waals surface area contributed by atoms with Gasteiger partial charge in [-0.3, -0.25) is 4.79 Å². The number of carbonyl (C=O) groups excluding carboxylic acids is 1. The Kier molecular flexibility index (Phi) is 4.32. The molecule has 1 saturated heterocycles. The van der Waals surface area contributed by atoms with E-state index in [0.29, 0.717) is 23.8 Å². The molecule has 0 aromatic heterocycles. The molecule has 1 heterocycles. The molecule has 0 aliphatic carbocycles. The normalized spacial score (nSPS) is 18.3. The number of carbonyl (C=O) groups is 1. The minimum Gasteiger partial charge on any atom is -0.378 e. The van der Waals surface area contributed by atoms with Crippen LogP contribution in [0.25, 0.3) is 0 Å². The molecule has 0 saturated carbocycles. The van der Waals surface area contributed by atoms with E-state index in [2.05, 4.69) is 5.32 Å². The molecule has 94 valence electrons. The van der Waals surface area contributed by atoms with Gasteiger partial charge in [0.1, 0.15) is 0 Å². The molecule has 1 N–H and O–H groups in total. The number of nitriles is 1. The first-order valence-electron chi connectivity index (χ1n) is 6.19. The van der Waals surface area contributed by atoms with Crippen LogP contribution in [0.1, 0.15) is 35.2 Å². The van der Waals surface area contributed by atoms with Crippen LogP contribution in [0.15, 0.2) is 24.3 Å². The highest BCUT2D eigenvalue weighted by Gasteiger charge is 2.15. The first-order valence-corrected chi connectivity index (χ1v) is 6.19. The predicted molar refractivity (Wildman–Crippen MR) is 67.1 cm³/mol. The number of ether oxygens (including phenoxy) is 1. The second-order valence-electron chi connectivity index (χ2n) is 4.37. The number of rotatable bonds is 4. The van der Waals surface area contributed by atoms with Crippen molar-refractivity contribution in [2.45, 2.75) is 25.4 Å². The summed E-state index contributed by atoms with van der Waals surface area (Å²) >= 11 is 0. The molecule has 1 atom stereocenters. The molecule has 0 bridgehead atoms. The maximum Gasteiger partial charge on any atom is 0.251 e. The fraction of sp³-hybridized carbons (Fsp3) is 0.429. The highest BCUT2D eigenvalue weighted by Crippen LogP contribution is 2.14. The number of nitrogens with one attached hydrogen (secondary N) is 1. The van der Waals surface area contributed by atoms with Gasteiger partial charge in [0.25, 0.3) is 5.91 Å². The van der Waals surface area contributed by atoms with Crippen molar-refractivity contribution in [1.82, 2.24) is 5.32 Å². The van der Waals surface area contributed by atoms with Gasteiger partial charge < -0.3 is 10.1 Å². The molecule has 1 aromatic rings. The Morgan fingerprint density at radius 2 is 2.22 bits per heavy atom. The van der Waals surface area contributed by atoms with E-state index in [4.69, 9.17) is 10.00 Å². The molecule has 1 fully saturated rings. The molecular formula is C14H16N2O2. The Bertz CT molecular complexity index is 442. The van der Waals surface area contributed by atoms with Crippen molar-refractivity contribution < 1.29 is 9.53 Å². The Hall–Kier alpha value is -1.86. The quantitative estimate of drug-likeness (QED) is 0.879. The van der Waals surface area contributed by atoms with Gasteiger partial charge in [0.05, 0.1) is 17.7 Å². The molecule has 1 aliphatic heterocycles. The van der Waals surface area contributed by atoms with Crippen molar-refractivity contribution in [1.29, 1.82) is 5.26 Å². The van der Waals surface area contributed by atoms with Crippen LogP contribution in [-0.4, -0.2) is 25.2 Å². The molecular weight excluding hydrogens is 228 g/mol. The summed E-state index contributed by atoms with van der Waals surface area (Å²) in [7, 11) is 0. The summed E-state index contributed by atoms with van der Waals surface area (Å²) in [5.74, 6) is -0.0995. The molecule has 1 aliphatic rings. The van der Waals surface area contributed by atoms with Crippen LogP contribution in [0.4, 0.5) is 0 Å². The minimum atomic E-state index is -0.0995. The molecule has 4 nitrogen and oxygen atoms in total. The Labute approximate surface area is 107 Å². The second kappa shape index (κ2) is 6.18. The first kappa shape index (κ1) is 12.6. The topological polar surface area (TPSA) is 62.1 Å². The summed E-state index contributed by atoms with van der Waals surface area (Å²) in [4.78, 5) is 11.8. The molecule has 1 aromatic carbocycles. The summed E-state index contributed by atoms with van der Waals surface area (Å²) in [6.07, 6.45) is 3.37. The molecule has 0 radical (unpaired) electrons. The van der Waals surface area contributed by atoms with Crippen LogP contribution < -0.4 is 5.32 Å². The van der Waals surface area contributed by atoms with Crippen molar-refractivity contribution in [3.8, 4) is 6.07 Å². The Morgan fingerprint density at radius 3 is 2.83 bits per heavy atom. The molecule has 2 rings (SSSR count). The van der Waals surface area contributed by atoms with Gasteiger partial charge >= 0.3 is 0 Å². The first-order chi connectivity index (χ1) is 8.79. The maximum absolute atomic E-state index is 11.8. The SMILES string of the molecule is N#Cc1ccc(C(=O)NCCC2CCCO2)cc1. The highest BCUT2D eigenvalue weighted by molar-refractivity contribution is 5.94. The smallest absolute Gasteiger partial charge is 0.251 e. The largest absolute Gasteiger partial charge is 0.378 e. The average molecular weight is 244 g/mol. The third-order valence-electron chi connectivity index (χ3n) is 3.05. The molecule has 18 heavy (non-hydrogen) atoms. The van der Waals surface area contributed by atoms with E-state index in [1.54, 1.807) is 24.3 Å². The maximum atomic E-state index is 11.8. The number of benzene rings is 1. The van der Waals surface area contributed by atoms with Crippen LogP contribution in [0.3, 0.4) is 0 Å². The summed E-state index contributed by atoms with van der Waals surface area (Å²) in [6, 6.07) is 8.65. The molecule has 1 unspecified atom stereocenters. The van der Waals surface area contributed by atoms with E-state index >= 15 is 0 Å². The van der Waals surface area contributed by atoms with Gasteiger partial charge in [-0.25, -0.2) is 0 Å². The van der Waals surface area contributed by atoms with Crippen LogP contribution in [0.2, 0.25) is 0 Å². The zero-order valence-electron chi connectivity index (χ0n) is 10.2. The van der Waals surface area contributed by atoms with Crippen molar-refractivity contribution >= 4 is 5.91 Å². The lowest BCUT2D eigenvalue weighted by Gasteiger charge is -2.10. The highest BCUT2D eigenvalue weighted by atomic mass is 16.5. The Balaban J connectivity index is 1.78. The van der Waals surface area contributed by atoms with Crippen molar-refractivity contribution in [3.63, 3.8) is 0 Å². The third-order valence-corrected chi connectivity index (χ3v) is 3.05. The van der Waals surface area contributed by atoms with Gasteiger partial charge in [-0.2, -0.15) is 5.26 Å². The molecule has 0 spiro atoms. The van der Waals surface area contributed by atoms with E-state index in [0.717, 1.165) is 25.9 Å². The summed E-state index contributed by atoms with van der Waals surface area (Å²) in [6.45, 7) is 1.47. The van der Waals surface area contributed by atoms with Crippen molar-refractivity contribution in [2.75, 3.05) is 13.2 Å². The molecule has 1 amide bonds.